The van der Waals surface area contributed by atoms with E-state index in [0.717, 1.165) is 47.3 Å². The molecule has 11 nitrogen and oxygen atoms in total. The number of unbranched alkanes of at least 4 members (excludes halogenated alkanes) is 1. The van der Waals surface area contributed by atoms with Crippen LogP contribution in [0.15, 0.2) is 65.8 Å². The zero-order valence-electron chi connectivity index (χ0n) is 21.5. The topological polar surface area (TPSA) is 126 Å². The summed E-state index contributed by atoms with van der Waals surface area (Å²) >= 11 is 0. The number of hydrogen-bond donors (Lipinski definition) is 1. The van der Waals surface area contributed by atoms with Crippen LogP contribution in [-0.4, -0.2) is 52.4 Å². The van der Waals surface area contributed by atoms with Crippen LogP contribution in [0.5, 0.6) is 0 Å². The third kappa shape index (κ3) is 4.65. The highest BCUT2D eigenvalue weighted by Gasteiger charge is 2.22. The summed E-state index contributed by atoms with van der Waals surface area (Å²) in [5.41, 5.74) is 4.38. The molecular formula is C27H28N8O3. The van der Waals surface area contributed by atoms with Crippen LogP contribution in [0.25, 0.3) is 28.3 Å². The molecule has 0 atom stereocenters. The molecule has 38 heavy (non-hydrogen) atoms. The number of aromatic nitrogens is 8. The Bertz CT molecular complexity index is 1610. The van der Waals surface area contributed by atoms with Gasteiger partial charge >= 0.3 is 11.7 Å². The number of aryl methyl sites for hydroxylation is 2. The Morgan fingerprint density at radius 2 is 1.92 bits per heavy atom. The first-order valence-corrected chi connectivity index (χ1v) is 12.3. The van der Waals surface area contributed by atoms with Crippen molar-refractivity contribution >= 4 is 5.97 Å². The molecule has 4 aromatic heterocycles. The summed E-state index contributed by atoms with van der Waals surface area (Å²) in [6.45, 7) is 2.41. The first kappa shape index (κ1) is 24.9. The number of rotatable bonds is 9. The van der Waals surface area contributed by atoms with Crippen molar-refractivity contribution in [2.45, 2.75) is 32.7 Å². The van der Waals surface area contributed by atoms with Crippen LogP contribution in [0.4, 0.5) is 0 Å². The Kier molecular flexibility index (Phi) is 6.98. The molecule has 0 saturated heterocycles. The van der Waals surface area contributed by atoms with Crippen molar-refractivity contribution in [3.05, 3.63) is 88.5 Å². The molecule has 0 aliphatic rings. The quantitative estimate of drug-likeness (QED) is 0.300. The Hall–Kier alpha value is -4.80. The fraction of sp³-hybridized carbons (Fsp3) is 0.259. The number of esters is 1. The van der Waals surface area contributed by atoms with E-state index in [9.17, 15) is 9.59 Å². The number of aromatic amines is 1. The summed E-state index contributed by atoms with van der Waals surface area (Å²) in [4.78, 5) is 30.7. The molecule has 0 radical (unpaired) electrons. The second kappa shape index (κ2) is 10.7. The fourth-order valence-electron chi connectivity index (χ4n) is 4.54. The number of benzene rings is 1. The van der Waals surface area contributed by atoms with E-state index in [1.807, 2.05) is 42.6 Å². The molecule has 0 fully saturated rings. The highest BCUT2D eigenvalue weighted by molar-refractivity contribution is 5.93. The lowest BCUT2D eigenvalue weighted by atomic mass is 10.0. The van der Waals surface area contributed by atoms with E-state index in [0.29, 0.717) is 23.8 Å². The Morgan fingerprint density at radius 3 is 2.61 bits per heavy atom. The Labute approximate surface area is 218 Å². The van der Waals surface area contributed by atoms with Crippen LogP contribution in [0, 0.1) is 0 Å². The third-order valence-electron chi connectivity index (χ3n) is 6.49. The van der Waals surface area contributed by atoms with Crippen LogP contribution in [0.2, 0.25) is 0 Å². The monoisotopic (exact) mass is 512 g/mol. The van der Waals surface area contributed by atoms with E-state index in [1.54, 1.807) is 34.6 Å². The Balaban J connectivity index is 1.50. The van der Waals surface area contributed by atoms with Gasteiger partial charge in [-0.25, -0.2) is 9.59 Å². The molecule has 0 amide bonds. The molecule has 194 valence electrons. The molecule has 0 saturated carbocycles. The lowest BCUT2D eigenvalue weighted by Gasteiger charge is -2.09. The van der Waals surface area contributed by atoms with Crippen LogP contribution in [-0.2, 0) is 24.8 Å². The molecule has 4 heterocycles. The Morgan fingerprint density at radius 1 is 1.11 bits per heavy atom. The summed E-state index contributed by atoms with van der Waals surface area (Å²) in [6, 6.07) is 13.3. The summed E-state index contributed by atoms with van der Waals surface area (Å²) in [7, 11) is 3.12. The van der Waals surface area contributed by atoms with Crippen LogP contribution in [0.3, 0.4) is 0 Å². The minimum atomic E-state index is -0.492. The lowest BCUT2D eigenvalue weighted by Crippen LogP contribution is -2.27. The summed E-state index contributed by atoms with van der Waals surface area (Å²) in [5.74, 6) is 0.485. The van der Waals surface area contributed by atoms with E-state index in [-0.39, 0.29) is 5.69 Å². The second-order valence-corrected chi connectivity index (χ2v) is 8.94. The van der Waals surface area contributed by atoms with Gasteiger partial charge in [0.15, 0.2) is 0 Å². The number of carbonyl (C=O) groups is 1. The van der Waals surface area contributed by atoms with Gasteiger partial charge in [-0.3, -0.25) is 14.1 Å². The number of methoxy groups -OCH3 is 1. The van der Waals surface area contributed by atoms with Gasteiger partial charge in [0.25, 0.3) is 0 Å². The number of carbonyl (C=O) groups excluding carboxylic acids is 1. The zero-order valence-corrected chi connectivity index (χ0v) is 21.5. The number of H-pyrrole nitrogens is 1. The number of nitrogens with one attached hydrogen (secondary N) is 1. The molecule has 0 aliphatic carbocycles. The van der Waals surface area contributed by atoms with Gasteiger partial charge in [-0.2, -0.15) is 5.21 Å². The molecule has 1 N–H and O–H groups in total. The van der Waals surface area contributed by atoms with Gasteiger partial charge in [0.1, 0.15) is 11.4 Å². The minimum Gasteiger partial charge on any atom is -0.465 e. The molecule has 11 heteroatoms. The van der Waals surface area contributed by atoms with Crippen molar-refractivity contribution in [2.24, 2.45) is 7.05 Å². The molecule has 0 spiro atoms. The van der Waals surface area contributed by atoms with Gasteiger partial charge in [0.2, 0.25) is 5.82 Å². The van der Waals surface area contributed by atoms with Crippen LogP contribution in [0.1, 0.15) is 41.5 Å². The molecule has 5 rings (SSSR count). The average Bonchev–Trinajstić information content (AvgIpc) is 3.68. The van der Waals surface area contributed by atoms with Crippen molar-refractivity contribution in [3.63, 3.8) is 0 Å². The predicted molar refractivity (Wildman–Crippen MR) is 141 cm³/mol. The van der Waals surface area contributed by atoms with Gasteiger partial charge in [-0.05, 0) is 35.8 Å². The SMILES string of the molecule is CCCCc1cn(-c2c(C(=O)OC)ccn2C)c(=O)n1Cc1ccc(-c2ccccc2-c2nn[nH]n2)cn1. The fourth-order valence-corrected chi connectivity index (χ4v) is 4.54. The third-order valence-corrected chi connectivity index (χ3v) is 6.49. The molecule has 1 aromatic carbocycles. The van der Waals surface area contributed by atoms with Gasteiger partial charge in [0, 0.05) is 42.5 Å². The normalized spacial score (nSPS) is 11.1. The molecular weight excluding hydrogens is 484 g/mol. The number of pyridine rings is 1. The molecule has 0 aliphatic heterocycles. The average molecular weight is 513 g/mol. The van der Waals surface area contributed by atoms with Gasteiger partial charge < -0.3 is 9.30 Å². The lowest BCUT2D eigenvalue weighted by molar-refractivity contribution is 0.0600. The van der Waals surface area contributed by atoms with Crippen molar-refractivity contribution in [1.82, 2.24) is 39.3 Å². The van der Waals surface area contributed by atoms with Crippen molar-refractivity contribution in [3.8, 4) is 28.3 Å². The number of ether oxygens (including phenoxy) is 1. The van der Waals surface area contributed by atoms with E-state index in [1.165, 1.54) is 11.7 Å². The zero-order chi connectivity index (χ0) is 26.6. The highest BCUT2D eigenvalue weighted by Crippen LogP contribution is 2.29. The maximum atomic E-state index is 13.6. The maximum Gasteiger partial charge on any atom is 0.341 e. The smallest absolute Gasteiger partial charge is 0.341 e. The maximum absolute atomic E-state index is 13.6. The summed E-state index contributed by atoms with van der Waals surface area (Å²) in [6.07, 6.45) is 7.99. The van der Waals surface area contributed by atoms with Crippen molar-refractivity contribution in [2.75, 3.05) is 7.11 Å². The number of nitrogens with zero attached hydrogens (tertiary/aromatic N) is 7. The van der Waals surface area contributed by atoms with E-state index in [4.69, 9.17) is 4.74 Å². The largest absolute Gasteiger partial charge is 0.465 e. The molecule has 0 bridgehead atoms. The minimum absolute atomic E-state index is 0.239. The molecule has 0 unspecified atom stereocenters. The van der Waals surface area contributed by atoms with Crippen LogP contribution < -0.4 is 5.69 Å². The first-order valence-electron chi connectivity index (χ1n) is 12.3. The number of tetrazole rings is 1. The first-order chi connectivity index (χ1) is 18.5. The number of imidazole rings is 1. The predicted octanol–water partition coefficient (Wildman–Crippen LogP) is 3.40. The van der Waals surface area contributed by atoms with E-state index in [2.05, 4.69) is 32.5 Å². The second-order valence-electron chi connectivity index (χ2n) is 8.94. The molecule has 5 aromatic rings. The summed E-state index contributed by atoms with van der Waals surface area (Å²) in [5, 5.41) is 14.4. The highest BCUT2D eigenvalue weighted by atomic mass is 16.5. The van der Waals surface area contributed by atoms with Gasteiger partial charge in [-0.15, -0.1) is 10.2 Å². The van der Waals surface area contributed by atoms with Gasteiger partial charge in [0.05, 0.1) is 19.3 Å². The van der Waals surface area contributed by atoms with Crippen LogP contribution >= 0.6 is 0 Å². The van der Waals surface area contributed by atoms with E-state index < -0.39 is 5.97 Å². The number of hydrogen-bond acceptors (Lipinski definition) is 7. The van der Waals surface area contributed by atoms with Gasteiger partial charge in [-0.1, -0.05) is 43.7 Å². The van der Waals surface area contributed by atoms with Crippen molar-refractivity contribution in [1.29, 1.82) is 0 Å². The standard InChI is InChI=1S/C27H28N8O3/c1-4-5-8-20-17-35(25-23(26(36)38-3)13-14-33(25)2)27(37)34(20)16-19-12-11-18(15-28-19)21-9-6-7-10-22(21)24-29-31-32-30-24/h6-7,9-15,17H,4-5,8,16H2,1-3H3,(H,29,30,31,32). The van der Waals surface area contributed by atoms with E-state index >= 15 is 0 Å². The summed E-state index contributed by atoms with van der Waals surface area (Å²) < 4.78 is 9.92. The van der Waals surface area contributed by atoms with Crippen molar-refractivity contribution < 1.29 is 9.53 Å².